The van der Waals surface area contributed by atoms with Crippen molar-refractivity contribution >= 4 is 12.4 Å². The minimum atomic E-state index is 0.343. The average Bonchev–Trinajstić information content (AvgIpc) is 1.88. The number of aromatic nitrogens is 2. The van der Waals surface area contributed by atoms with E-state index in [1.165, 1.54) is 0 Å². The SMILES string of the molecule is Cc1ccnc(NC=O)n1. The molecular weight excluding hydrogens is 130 g/mol. The van der Waals surface area contributed by atoms with Crippen LogP contribution in [0.5, 0.6) is 0 Å². The Morgan fingerprint density at radius 1 is 1.70 bits per heavy atom. The number of carbonyl (C=O) groups is 1. The number of amides is 1. The third kappa shape index (κ3) is 1.51. The predicted octanol–water partition coefficient (Wildman–Crippen LogP) is 0.353. The van der Waals surface area contributed by atoms with Crippen molar-refractivity contribution in [3.63, 3.8) is 0 Å². The molecule has 52 valence electrons. The number of nitrogens with one attached hydrogen (secondary N) is 1. The fraction of sp³-hybridized carbons (Fsp3) is 0.167. The molecule has 0 saturated carbocycles. The zero-order chi connectivity index (χ0) is 7.40. The average molecular weight is 137 g/mol. The summed E-state index contributed by atoms with van der Waals surface area (Å²) in [5.41, 5.74) is 0.833. The van der Waals surface area contributed by atoms with Crippen molar-refractivity contribution in [1.82, 2.24) is 9.97 Å². The molecule has 1 rings (SSSR count). The quantitative estimate of drug-likeness (QED) is 0.598. The highest BCUT2D eigenvalue weighted by Crippen LogP contribution is 1.95. The van der Waals surface area contributed by atoms with Gasteiger partial charge in [0.05, 0.1) is 0 Å². The summed E-state index contributed by atoms with van der Waals surface area (Å²) in [4.78, 5) is 17.6. The largest absolute Gasteiger partial charge is 0.297 e. The number of rotatable bonds is 2. The maximum Gasteiger partial charge on any atom is 0.229 e. The Morgan fingerprint density at radius 2 is 2.50 bits per heavy atom. The number of aryl methyl sites for hydroxylation is 1. The fourth-order valence-electron chi connectivity index (χ4n) is 0.571. The molecule has 0 radical (unpaired) electrons. The van der Waals surface area contributed by atoms with Gasteiger partial charge in [-0.2, -0.15) is 0 Å². The highest BCUT2D eigenvalue weighted by atomic mass is 16.1. The number of anilines is 1. The van der Waals surface area contributed by atoms with Crippen molar-refractivity contribution in [2.24, 2.45) is 0 Å². The Bertz CT molecular complexity index is 236. The van der Waals surface area contributed by atoms with Crippen LogP contribution in [-0.2, 0) is 4.79 Å². The second-order valence-corrected chi connectivity index (χ2v) is 1.78. The Labute approximate surface area is 58.3 Å². The summed E-state index contributed by atoms with van der Waals surface area (Å²) in [6, 6.07) is 1.76. The maximum absolute atomic E-state index is 9.89. The molecule has 1 aromatic heterocycles. The van der Waals surface area contributed by atoms with E-state index in [2.05, 4.69) is 15.3 Å². The van der Waals surface area contributed by atoms with E-state index in [9.17, 15) is 4.79 Å². The summed E-state index contributed by atoms with van der Waals surface area (Å²) in [6.45, 7) is 1.83. The minimum Gasteiger partial charge on any atom is -0.297 e. The second-order valence-electron chi connectivity index (χ2n) is 1.78. The molecular formula is C6H7N3O. The molecule has 0 fully saturated rings. The van der Waals surface area contributed by atoms with E-state index < -0.39 is 0 Å². The predicted molar refractivity (Wildman–Crippen MR) is 36.5 cm³/mol. The van der Waals surface area contributed by atoms with Crippen molar-refractivity contribution in [2.45, 2.75) is 6.92 Å². The van der Waals surface area contributed by atoms with Gasteiger partial charge in [0, 0.05) is 11.9 Å². The first kappa shape index (κ1) is 6.67. The third-order valence-corrected chi connectivity index (χ3v) is 0.983. The van der Waals surface area contributed by atoms with E-state index in [-0.39, 0.29) is 0 Å². The van der Waals surface area contributed by atoms with Crippen LogP contribution in [0.4, 0.5) is 5.95 Å². The topological polar surface area (TPSA) is 54.9 Å². The van der Waals surface area contributed by atoms with E-state index >= 15 is 0 Å². The fourth-order valence-corrected chi connectivity index (χ4v) is 0.571. The van der Waals surface area contributed by atoms with Gasteiger partial charge in [-0.15, -0.1) is 0 Å². The zero-order valence-corrected chi connectivity index (χ0v) is 5.53. The molecule has 1 heterocycles. The molecule has 0 aliphatic rings. The Kier molecular flexibility index (Phi) is 1.94. The summed E-state index contributed by atoms with van der Waals surface area (Å²) >= 11 is 0. The van der Waals surface area contributed by atoms with Gasteiger partial charge < -0.3 is 0 Å². The molecule has 0 aliphatic carbocycles. The Hall–Kier alpha value is -1.45. The lowest BCUT2D eigenvalue weighted by Gasteiger charge is -1.94. The molecule has 0 spiro atoms. The van der Waals surface area contributed by atoms with Gasteiger partial charge in [0.25, 0.3) is 0 Å². The van der Waals surface area contributed by atoms with Crippen LogP contribution in [0.15, 0.2) is 12.3 Å². The third-order valence-electron chi connectivity index (χ3n) is 0.983. The first-order valence-corrected chi connectivity index (χ1v) is 2.83. The van der Waals surface area contributed by atoms with Crippen molar-refractivity contribution in [3.8, 4) is 0 Å². The minimum absolute atomic E-state index is 0.343. The lowest BCUT2D eigenvalue weighted by molar-refractivity contribution is -0.105. The normalized spacial score (nSPS) is 8.90. The van der Waals surface area contributed by atoms with Crippen molar-refractivity contribution in [2.75, 3.05) is 5.32 Å². The highest BCUT2D eigenvalue weighted by Gasteiger charge is 1.90. The molecule has 0 bridgehead atoms. The number of carbonyl (C=O) groups excluding carboxylic acids is 1. The molecule has 0 aliphatic heterocycles. The molecule has 4 nitrogen and oxygen atoms in total. The van der Waals surface area contributed by atoms with Crippen molar-refractivity contribution in [1.29, 1.82) is 0 Å². The molecule has 1 N–H and O–H groups in total. The van der Waals surface area contributed by atoms with E-state index in [4.69, 9.17) is 0 Å². The number of hydrogen-bond donors (Lipinski definition) is 1. The van der Waals surface area contributed by atoms with Crippen LogP contribution in [0.1, 0.15) is 5.69 Å². The van der Waals surface area contributed by atoms with Gasteiger partial charge in [-0.25, -0.2) is 9.97 Å². The van der Waals surface area contributed by atoms with Crippen LogP contribution in [-0.4, -0.2) is 16.4 Å². The van der Waals surface area contributed by atoms with Crippen LogP contribution in [0.2, 0.25) is 0 Å². The van der Waals surface area contributed by atoms with Gasteiger partial charge in [-0.3, -0.25) is 10.1 Å². The number of hydrogen-bond acceptors (Lipinski definition) is 3. The van der Waals surface area contributed by atoms with E-state index in [0.717, 1.165) is 5.69 Å². The van der Waals surface area contributed by atoms with Gasteiger partial charge in [0.2, 0.25) is 12.4 Å². The second kappa shape index (κ2) is 2.91. The van der Waals surface area contributed by atoms with Crippen LogP contribution < -0.4 is 5.32 Å². The molecule has 4 heteroatoms. The molecule has 0 aromatic carbocycles. The summed E-state index contributed by atoms with van der Waals surface area (Å²) < 4.78 is 0. The molecule has 10 heavy (non-hydrogen) atoms. The molecule has 0 saturated heterocycles. The Morgan fingerprint density at radius 3 is 3.10 bits per heavy atom. The van der Waals surface area contributed by atoms with Crippen molar-refractivity contribution in [3.05, 3.63) is 18.0 Å². The standard InChI is InChI=1S/C6H7N3O/c1-5-2-3-7-6(9-5)8-4-10/h2-4H,1H3,(H,7,8,9,10). The highest BCUT2D eigenvalue weighted by molar-refractivity contribution is 5.66. The van der Waals surface area contributed by atoms with Crippen LogP contribution in [0.3, 0.4) is 0 Å². The van der Waals surface area contributed by atoms with Crippen molar-refractivity contribution < 1.29 is 4.79 Å². The van der Waals surface area contributed by atoms with Crippen LogP contribution in [0, 0.1) is 6.92 Å². The van der Waals surface area contributed by atoms with Gasteiger partial charge >= 0.3 is 0 Å². The first-order valence-electron chi connectivity index (χ1n) is 2.83. The molecule has 1 aromatic rings. The van der Waals surface area contributed by atoms with E-state index in [0.29, 0.717) is 12.4 Å². The molecule has 0 atom stereocenters. The monoisotopic (exact) mass is 137 g/mol. The Balaban J connectivity index is 2.84. The first-order chi connectivity index (χ1) is 4.83. The van der Waals surface area contributed by atoms with E-state index in [1.807, 2.05) is 6.92 Å². The maximum atomic E-state index is 9.89. The molecule has 0 unspecified atom stereocenters. The summed E-state index contributed by atoms with van der Waals surface area (Å²) in [6.07, 6.45) is 2.14. The summed E-state index contributed by atoms with van der Waals surface area (Å²) in [7, 11) is 0. The zero-order valence-electron chi connectivity index (χ0n) is 5.53. The van der Waals surface area contributed by atoms with Crippen LogP contribution in [0.25, 0.3) is 0 Å². The van der Waals surface area contributed by atoms with Crippen LogP contribution >= 0.6 is 0 Å². The number of nitrogens with zero attached hydrogens (tertiary/aromatic N) is 2. The lowest BCUT2D eigenvalue weighted by atomic mass is 10.5. The smallest absolute Gasteiger partial charge is 0.229 e. The van der Waals surface area contributed by atoms with Gasteiger partial charge in [-0.05, 0) is 13.0 Å². The summed E-state index contributed by atoms with van der Waals surface area (Å²) in [5, 5.41) is 2.35. The van der Waals surface area contributed by atoms with Gasteiger partial charge in [0.15, 0.2) is 0 Å². The van der Waals surface area contributed by atoms with Gasteiger partial charge in [0.1, 0.15) is 0 Å². The summed E-state index contributed by atoms with van der Waals surface area (Å²) in [5.74, 6) is 0.343. The molecule has 1 amide bonds. The van der Waals surface area contributed by atoms with E-state index in [1.54, 1.807) is 12.3 Å². The van der Waals surface area contributed by atoms with Gasteiger partial charge in [-0.1, -0.05) is 0 Å². The lowest BCUT2D eigenvalue weighted by Crippen LogP contribution is -1.99.